The Labute approximate surface area is 157 Å². The monoisotopic (exact) mass is 371 g/mol. The molecule has 0 spiro atoms. The molecule has 0 saturated carbocycles. The van der Waals surface area contributed by atoms with E-state index in [4.69, 9.17) is 9.72 Å². The maximum absolute atomic E-state index is 12.9. The van der Waals surface area contributed by atoms with E-state index in [1.165, 1.54) is 24.2 Å². The van der Waals surface area contributed by atoms with Crippen LogP contribution in [0.5, 0.6) is 0 Å². The Balaban J connectivity index is 1.74. The van der Waals surface area contributed by atoms with Crippen molar-refractivity contribution in [2.45, 2.75) is 71.6 Å². The minimum absolute atomic E-state index is 0.0593. The van der Waals surface area contributed by atoms with Gasteiger partial charge in [-0.3, -0.25) is 9.36 Å². The molecule has 0 N–H and O–H groups in total. The van der Waals surface area contributed by atoms with Crippen LogP contribution in [-0.4, -0.2) is 20.1 Å². The summed E-state index contributed by atoms with van der Waals surface area (Å²) in [5, 5.41) is 0.974. The van der Waals surface area contributed by atoms with E-state index in [1.54, 1.807) is 10.9 Å². The van der Waals surface area contributed by atoms with E-state index in [1.807, 2.05) is 0 Å². The van der Waals surface area contributed by atoms with Gasteiger partial charge >= 0.3 is 0 Å². The SMILES string of the molecule is CCCCCCn1cnc2c(sc3nc4c(cc32)COC(C)(C)C4)c1=O. The first kappa shape index (κ1) is 17.6. The van der Waals surface area contributed by atoms with Gasteiger partial charge < -0.3 is 4.74 Å². The number of rotatable bonds is 5. The summed E-state index contributed by atoms with van der Waals surface area (Å²) in [6.45, 7) is 7.67. The van der Waals surface area contributed by atoms with Crippen LogP contribution in [-0.2, 0) is 24.3 Å². The van der Waals surface area contributed by atoms with Gasteiger partial charge in [0.25, 0.3) is 5.56 Å². The fourth-order valence-electron chi connectivity index (χ4n) is 3.55. The van der Waals surface area contributed by atoms with Gasteiger partial charge in [-0.25, -0.2) is 9.97 Å². The van der Waals surface area contributed by atoms with E-state index < -0.39 is 0 Å². The standard InChI is InChI=1S/C20H25N3O2S/c1-4-5-6-7-8-23-12-21-16-14-9-13-11-25-20(2,3)10-15(13)22-18(14)26-17(16)19(23)24/h9,12H,4-8,10-11H2,1-3H3. The number of fused-ring (bicyclic) bond motifs is 4. The van der Waals surface area contributed by atoms with E-state index in [-0.39, 0.29) is 11.2 Å². The van der Waals surface area contributed by atoms with Crippen molar-refractivity contribution in [1.82, 2.24) is 14.5 Å². The lowest BCUT2D eigenvalue weighted by Crippen LogP contribution is -2.32. The molecule has 0 fully saturated rings. The van der Waals surface area contributed by atoms with Gasteiger partial charge in [0.2, 0.25) is 0 Å². The van der Waals surface area contributed by atoms with Crippen molar-refractivity contribution in [2.24, 2.45) is 0 Å². The topological polar surface area (TPSA) is 57.0 Å². The number of aryl methyl sites for hydroxylation is 1. The molecule has 1 aliphatic rings. The number of pyridine rings is 1. The third-order valence-corrected chi connectivity index (χ3v) is 6.15. The number of unbranched alkanes of at least 4 members (excludes halogenated alkanes) is 3. The van der Waals surface area contributed by atoms with Crippen molar-refractivity contribution in [3.63, 3.8) is 0 Å². The lowest BCUT2D eigenvalue weighted by molar-refractivity contribution is -0.0411. The first-order valence-electron chi connectivity index (χ1n) is 9.43. The van der Waals surface area contributed by atoms with Gasteiger partial charge in [-0.2, -0.15) is 0 Å². The zero-order valence-electron chi connectivity index (χ0n) is 15.7. The van der Waals surface area contributed by atoms with Crippen molar-refractivity contribution in [3.8, 4) is 0 Å². The first-order chi connectivity index (χ1) is 12.5. The highest BCUT2D eigenvalue weighted by Gasteiger charge is 2.28. The molecule has 0 saturated heterocycles. The van der Waals surface area contributed by atoms with Crippen LogP contribution in [0.2, 0.25) is 0 Å². The molecule has 0 bridgehead atoms. The highest BCUT2D eigenvalue weighted by atomic mass is 32.1. The Morgan fingerprint density at radius 1 is 1.31 bits per heavy atom. The first-order valence-corrected chi connectivity index (χ1v) is 10.2. The lowest BCUT2D eigenvalue weighted by atomic mass is 9.95. The summed E-state index contributed by atoms with van der Waals surface area (Å²) >= 11 is 1.47. The Morgan fingerprint density at radius 3 is 2.96 bits per heavy atom. The van der Waals surface area contributed by atoms with Gasteiger partial charge in [-0.15, -0.1) is 11.3 Å². The molecule has 4 heterocycles. The second kappa shape index (κ2) is 6.74. The minimum atomic E-state index is -0.187. The molecule has 26 heavy (non-hydrogen) atoms. The van der Waals surface area contributed by atoms with Crippen LogP contribution in [0.1, 0.15) is 57.7 Å². The summed E-state index contributed by atoms with van der Waals surface area (Å²) in [5.41, 5.74) is 2.85. The third-order valence-electron chi connectivity index (χ3n) is 5.07. The van der Waals surface area contributed by atoms with Crippen LogP contribution >= 0.6 is 11.3 Å². The molecular formula is C20H25N3O2S. The zero-order valence-corrected chi connectivity index (χ0v) is 16.5. The maximum atomic E-state index is 12.9. The zero-order chi connectivity index (χ0) is 18.3. The molecule has 0 amide bonds. The maximum Gasteiger partial charge on any atom is 0.271 e. The molecule has 1 aliphatic heterocycles. The van der Waals surface area contributed by atoms with Crippen LogP contribution in [0, 0.1) is 0 Å². The van der Waals surface area contributed by atoms with Crippen LogP contribution < -0.4 is 5.56 Å². The fourth-order valence-corrected chi connectivity index (χ4v) is 4.62. The summed E-state index contributed by atoms with van der Waals surface area (Å²) in [4.78, 5) is 23.2. The summed E-state index contributed by atoms with van der Waals surface area (Å²) in [5.74, 6) is 0. The number of thiophene rings is 1. The molecule has 0 atom stereocenters. The summed E-state index contributed by atoms with van der Waals surface area (Å²) < 4.78 is 8.38. The van der Waals surface area contributed by atoms with E-state index in [9.17, 15) is 4.79 Å². The van der Waals surface area contributed by atoms with E-state index in [0.29, 0.717) is 11.3 Å². The van der Waals surface area contributed by atoms with Crippen molar-refractivity contribution in [2.75, 3.05) is 0 Å². The smallest absolute Gasteiger partial charge is 0.271 e. The summed E-state index contributed by atoms with van der Waals surface area (Å²) in [7, 11) is 0. The number of nitrogens with zero attached hydrogens (tertiary/aromatic N) is 3. The van der Waals surface area contributed by atoms with Crippen molar-refractivity contribution >= 4 is 31.8 Å². The Hall–Kier alpha value is -1.79. The second-order valence-corrected chi connectivity index (χ2v) is 8.75. The van der Waals surface area contributed by atoms with Gasteiger partial charge in [0.05, 0.1) is 29.7 Å². The lowest BCUT2D eigenvalue weighted by Gasteiger charge is -2.30. The van der Waals surface area contributed by atoms with Crippen LogP contribution in [0.3, 0.4) is 0 Å². The van der Waals surface area contributed by atoms with Crippen LogP contribution in [0.25, 0.3) is 20.4 Å². The largest absolute Gasteiger partial charge is 0.370 e. The number of aromatic nitrogens is 3. The molecule has 3 aromatic heterocycles. The molecule has 5 nitrogen and oxygen atoms in total. The summed E-state index contributed by atoms with van der Waals surface area (Å²) in [6, 6.07) is 2.11. The number of ether oxygens (including phenoxy) is 1. The quantitative estimate of drug-likeness (QED) is 0.622. The van der Waals surface area contributed by atoms with E-state index in [0.717, 1.165) is 52.8 Å². The molecule has 0 unspecified atom stereocenters. The Bertz CT molecular complexity index is 1020. The van der Waals surface area contributed by atoms with Crippen molar-refractivity contribution < 1.29 is 4.74 Å². The van der Waals surface area contributed by atoms with Crippen LogP contribution in [0.15, 0.2) is 17.2 Å². The third kappa shape index (κ3) is 3.16. The average molecular weight is 372 g/mol. The molecular weight excluding hydrogens is 346 g/mol. The Kier molecular flexibility index (Phi) is 4.57. The van der Waals surface area contributed by atoms with Crippen LogP contribution in [0.4, 0.5) is 0 Å². The fraction of sp³-hybridized carbons (Fsp3) is 0.550. The van der Waals surface area contributed by atoms with Gasteiger partial charge in [-0.1, -0.05) is 26.2 Å². The second-order valence-electron chi connectivity index (χ2n) is 7.76. The van der Waals surface area contributed by atoms with Gasteiger partial charge in [0, 0.05) is 23.9 Å². The Morgan fingerprint density at radius 2 is 2.15 bits per heavy atom. The molecule has 138 valence electrons. The van der Waals surface area contributed by atoms with Gasteiger partial charge in [0.15, 0.2) is 0 Å². The normalized spacial score (nSPS) is 16.3. The predicted octanol–water partition coefficient (Wildman–Crippen LogP) is 4.44. The summed E-state index contributed by atoms with van der Waals surface area (Å²) in [6.07, 6.45) is 7.06. The highest BCUT2D eigenvalue weighted by molar-refractivity contribution is 7.25. The van der Waals surface area contributed by atoms with Gasteiger partial charge in [-0.05, 0) is 26.3 Å². The minimum Gasteiger partial charge on any atom is -0.370 e. The number of hydrogen-bond donors (Lipinski definition) is 0. The number of hydrogen-bond acceptors (Lipinski definition) is 5. The predicted molar refractivity (Wildman–Crippen MR) is 106 cm³/mol. The van der Waals surface area contributed by atoms with Gasteiger partial charge in [0.1, 0.15) is 9.53 Å². The van der Waals surface area contributed by atoms with E-state index in [2.05, 4.69) is 31.8 Å². The molecule has 6 heteroatoms. The molecule has 3 aromatic rings. The average Bonchev–Trinajstić information content (AvgIpc) is 2.96. The van der Waals surface area contributed by atoms with E-state index >= 15 is 0 Å². The molecule has 0 radical (unpaired) electrons. The molecule has 0 aliphatic carbocycles. The highest BCUT2D eigenvalue weighted by Crippen LogP contribution is 2.34. The van der Waals surface area contributed by atoms with Crippen molar-refractivity contribution in [1.29, 1.82) is 0 Å². The van der Waals surface area contributed by atoms with Crippen molar-refractivity contribution in [3.05, 3.63) is 34.0 Å². The molecule has 4 rings (SSSR count). The molecule has 0 aromatic carbocycles.